The number of hydrogen-bond donors (Lipinski definition) is 2. The van der Waals surface area contributed by atoms with Gasteiger partial charge in [0.05, 0.1) is 7.11 Å². The first-order valence-electron chi connectivity index (χ1n) is 7.46. The molecule has 0 fully saturated rings. The van der Waals surface area contributed by atoms with Crippen molar-refractivity contribution in [2.24, 2.45) is 0 Å². The number of esters is 1. The lowest BCUT2D eigenvalue weighted by Crippen LogP contribution is -2.52. The van der Waals surface area contributed by atoms with E-state index < -0.39 is 35.7 Å². The number of methoxy groups -OCH3 is 1. The maximum absolute atomic E-state index is 13.8. The van der Waals surface area contributed by atoms with Gasteiger partial charge in [-0.15, -0.1) is 0 Å². The SMILES string of the molecule is C=C(Br)C[C@H](NC(=O)[C@H](Cc1ccccc1F)NC(C)=O)C(=O)OC. The van der Waals surface area contributed by atoms with E-state index in [1.54, 1.807) is 6.07 Å². The molecule has 6 nitrogen and oxygen atoms in total. The summed E-state index contributed by atoms with van der Waals surface area (Å²) in [5.41, 5.74) is 0.274. The molecule has 0 unspecified atom stereocenters. The number of nitrogens with one attached hydrogen (secondary N) is 2. The summed E-state index contributed by atoms with van der Waals surface area (Å²) in [6, 6.07) is 3.94. The summed E-state index contributed by atoms with van der Waals surface area (Å²) in [6.45, 7) is 4.88. The molecule has 0 aliphatic carbocycles. The van der Waals surface area contributed by atoms with Crippen LogP contribution in [-0.4, -0.2) is 37.0 Å². The standard InChI is InChI=1S/C17H20BrFN2O4/c1-10(18)8-15(17(24)25-3)21-16(23)14(20-11(2)22)9-12-6-4-5-7-13(12)19/h4-7,14-15H,1,8-9H2,2-3H3,(H,20,22)(H,21,23)/t14-,15-/m0/s1. The number of amides is 2. The van der Waals surface area contributed by atoms with Crippen molar-refractivity contribution in [2.75, 3.05) is 7.11 Å². The van der Waals surface area contributed by atoms with Crippen molar-refractivity contribution < 1.29 is 23.5 Å². The predicted octanol–water partition coefficient (Wildman–Crippen LogP) is 1.83. The van der Waals surface area contributed by atoms with Crippen molar-refractivity contribution in [1.29, 1.82) is 0 Å². The molecule has 0 saturated heterocycles. The largest absolute Gasteiger partial charge is 0.467 e. The van der Waals surface area contributed by atoms with Crippen LogP contribution in [0.5, 0.6) is 0 Å². The molecule has 2 amide bonds. The third kappa shape index (κ3) is 7.04. The Balaban J connectivity index is 2.94. The highest BCUT2D eigenvalue weighted by Gasteiger charge is 2.27. The third-order valence-corrected chi connectivity index (χ3v) is 3.63. The lowest BCUT2D eigenvalue weighted by Gasteiger charge is -2.22. The maximum atomic E-state index is 13.8. The molecule has 0 bridgehead atoms. The van der Waals surface area contributed by atoms with Gasteiger partial charge in [-0.3, -0.25) is 9.59 Å². The average Bonchev–Trinajstić information content (AvgIpc) is 2.53. The molecule has 1 rings (SSSR count). The second kappa shape index (κ2) is 9.93. The Kier molecular flexibility index (Phi) is 8.27. The van der Waals surface area contributed by atoms with Crippen LogP contribution >= 0.6 is 15.9 Å². The van der Waals surface area contributed by atoms with Crippen LogP contribution in [0.15, 0.2) is 35.3 Å². The molecule has 0 heterocycles. The molecular weight excluding hydrogens is 395 g/mol. The minimum atomic E-state index is -1.04. The summed E-state index contributed by atoms with van der Waals surface area (Å²) in [5, 5.41) is 4.97. The van der Waals surface area contributed by atoms with Crippen LogP contribution in [0.3, 0.4) is 0 Å². The van der Waals surface area contributed by atoms with E-state index in [0.717, 1.165) is 0 Å². The van der Waals surface area contributed by atoms with Crippen LogP contribution in [0.4, 0.5) is 4.39 Å². The van der Waals surface area contributed by atoms with Gasteiger partial charge in [0.2, 0.25) is 11.8 Å². The second-order valence-corrected chi connectivity index (χ2v) is 6.48. The summed E-state index contributed by atoms with van der Waals surface area (Å²) >= 11 is 3.13. The average molecular weight is 415 g/mol. The Morgan fingerprint density at radius 2 is 1.88 bits per heavy atom. The van der Waals surface area contributed by atoms with Crippen LogP contribution in [0.2, 0.25) is 0 Å². The Morgan fingerprint density at radius 1 is 1.24 bits per heavy atom. The van der Waals surface area contributed by atoms with Gasteiger partial charge in [-0.1, -0.05) is 40.7 Å². The first kappa shape index (κ1) is 20.8. The molecule has 1 aromatic rings. The predicted molar refractivity (Wildman–Crippen MR) is 94.3 cm³/mol. The third-order valence-electron chi connectivity index (χ3n) is 3.30. The van der Waals surface area contributed by atoms with E-state index in [1.807, 2.05) is 0 Å². The molecule has 0 aromatic heterocycles. The minimum Gasteiger partial charge on any atom is -0.467 e. The van der Waals surface area contributed by atoms with Crippen LogP contribution < -0.4 is 10.6 Å². The number of benzene rings is 1. The lowest BCUT2D eigenvalue weighted by atomic mass is 10.0. The first-order chi connectivity index (χ1) is 11.7. The summed E-state index contributed by atoms with van der Waals surface area (Å²) in [4.78, 5) is 35.7. The first-order valence-corrected chi connectivity index (χ1v) is 8.25. The maximum Gasteiger partial charge on any atom is 0.328 e. The highest BCUT2D eigenvalue weighted by Crippen LogP contribution is 2.13. The molecule has 0 radical (unpaired) electrons. The van der Waals surface area contributed by atoms with Gasteiger partial charge in [0, 0.05) is 19.8 Å². The monoisotopic (exact) mass is 414 g/mol. The van der Waals surface area contributed by atoms with Gasteiger partial charge in [0.25, 0.3) is 0 Å². The van der Waals surface area contributed by atoms with Crippen molar-refractivity contribution in [3.05, 3.63) is 46.7 Å². The van der Waals surface area contributed by atoms with Crippen LogP contribution in [0.25, 0.3) is 0 Å². The molecule has 0 aliphatic heterocycles. The molecule has 1 aromatic carbocycles. The molecule has 0 aliphatic rings. The van der Waals surface area contributed by atoms with Gasteiger partial charge in [0.1, 0.15) is 17.9 Å². The quantitative estimate of drug-likeness (QED) is 0.635. The van der Waals surface area contributed by atoms with Crippen molar-refractivity contribution in [3.8, 4) is 0 Å². The number of hydrogen-bond acceptors (Lipinski definition) is 4. The topological polar surface area (TPSA) is 84.5 Å². The van der Waals surface area contributed by atoms with Gasteiger partial charge in [-0.2, -0.15) is 0 Å². The fourth-order valence-electron chi connectivity index (χ4n) is 2.17. The van der Waals surface area contributed by atoms with Crippen molar-refractivity contribution in [1.82, 2.24) is 10.6 Å². The minimum absolute atomic E-state index is 0.0543. The highest BCUT2D eigenvalue weighted by molar-refractivity contribution is 9.11. The molecule has 136 valence electrons. The zero-order valence-corrected chi connectivity index (χ0v) is 15.6. The fraction of sp³-hybridized carbons (Fsp3) is 0.353. The number of carbonyl (C=O) groups is 3. The molecular formula is C17H20BrFN2O4. The number of rotatable bonds is 8. The zero-order chi connectivity index (χ0) is 19.0. The van der Waals surface area contributed by atoms with E-state index in [9.17, 15) is 18.8 Å². The van der Waals surface area contributed by atoms with E-state index in [4.69, 9.17) is 0 Å². The summed E-state index contributed by atoms with van der Waals surface area (Å²) in [7, 11) is 1.20. The molecule has 0 saturated carbocycles. The van der Waals surface area contributed by atoms with E-state index in [2.05, 4.69) is 37.9 Å². The van der Waals surface area contributed by atoms with E-state index in [1.165, 1.54) is 32.2 Å². The van der Waals surface area contributed by atoms with E-state index >= 15 is 0 Å². The fourth-order valence-corrected chi connectivity index (χ4v) is 2.49. The Bertz CT molecular complexity index is 666. The van der Waals surface area contributed by atoms with Crippen molar-refractivity contribution in [2.45, 2.75) is 31.8 Å². The molecule has 2 N–H and O–H groups in total. The Hall–Kier alpha value is -2.22. The van der Waals surface area contributed by atoms with Gasteiger partial charge in [-0.25, -0.2) is 9.18 Å². The summed E-state index contributed by atoms with van der Waals surface area (Å²) in [6.07, 6.45) is 0.0616. The number of halogens is 2. The van der Waals surface area contributed by atoms with E-state index in [0.29, 0.717) is 4.48 Å². The van der Waals surface area contributed by atoms with Crippen molar-refractivity contribution in [3.63, 3.8) is 0 Å². The lowest BCUT2D eigenvalue weighted by molar-refractivity contribution is -0.145. The zero-order valence-electron chi connectivity index (χ0n) is 14.0. The molecule has 8 heteroatoms. The van der Waals surface area contributed by atoms with Gasteiger partial charge in [0.15, 0.2) is 0 Å². The Morgan fingerprint density at radius 3 is 2.40 bits per heavy atom. The van der Waals surface area contributed by atoms with Crippen LogP contribution in [-0.2, 0) is 25.5 Å². The van der Waals surface area contributed by atoms with Gasteiger partial charge in [-0.05, 0) is 16.1 Å². The normalized spacial score (nSPS) is 12.6. The molecule has 2 atom stereocenters. The molecule has 0 spiro atoms. The van der Waals surface area contributed by atoms with Crippen LogP contribution in [0.1, 0.15) is 18.9 Å². The summed E-state index contributed by atoms with van der Waals surface area (Å²) in [5.74, 6) is -2.20. The Labute approximate surface area is 153 Å². The number of ether oxygens (including phenoxy) is 1. The van der Waals surface area contributed by atoms with Crippen LogP contribution in [0, 0.1) is 5.82 Å². The van der Waals surface area contributed by atoms with Gasteiger partial charge >= 0.3 is 5.97 Å². The van der Waals surface area contributed by atoms with Crippen molar-refractivity contribution >= 4 is 33.7 Å². The molecule has 25 heavy (non-hydrogen) atoms. The van der Waals surface area contributed by atoms with E-state index in [-0.39, 0.29) is 18.4 Å². The van der Waals surface area contributed by atoms with Gasteiger partial charge < -0.3 is 15.4 Å². The smallest absolute Gasteiger partial charge is 0.328 e. The highest BCUT2D eigenvalue weighted by atomic mass is 79.9. The summed E-state index contributed by atoms with van der Waals surface area (Å²) < 4.78 is 19.0. The second-order valence-electron chi connectivity index (χ2n) is 5.35. The number of carbonyl (C=O) groups excluding carboxylic acids is 3.